The average Bonchev–Trinajstić information content (AvgIpc) is 2.38. The highest BCUT2D eigenvalue weighted by atomic mass is 16.6. The Morgan fingerprint density at radius 2 is 1.17 bits per heavy atom. The lowest BCUT2D eigenvalue weighted by molar-refractivity contribution is 0.0924. The molecule has 1 atom stereocenters. The van der Waals surface area contributed by atoms with Crippen molar-refractivity contribution in [2.75, 3.05) is 6.61 Å². The summed E-state index contributed by atoms with van der Waals surface area (Å²) in [6.07, 6.45) is 16.3. The Bertz CT molecular complexity index is 150. The maximum absolute atomic E-state index is 5.23. The molecule has 0 fully saturated rings. The predicted octanol–water partition coefficient (Wildman–Crippen LogP) is 5.21. The first kappa shape index (κ1) is 17.9. The molecule has 0 aromatic carbocycles. The van der Waals surface area contributed by atoms with E-state index in [9.17, 15) is 0 Å². The van der Waals surface area contributed by atoms with Crippen molar-refractivity contribution in [2.45, 2.75) is 90.9 Å². The fraction of sp³-hybridized carbons (Fsp3) is 1.00. The summed E-state index contributed by atoms with van der Waals surface area (Å²) in [6.45, 7) is 5.28. The minimum absolute atomic E-state index is 0.693. The van der Waals surface area contributed by atoms with E-state index in [4.69, 9.17) is 10.7 Å². The van der Waals surface area contributed by atoms with Gasteiger partial charge < -0.3 is 4.84 Å². The highest BCUT2D eigenvalue weighted by Gasteiger charge is 2.08. The van der Waals surface area contributed by atoms with E-state index in [0.717, 1.165) is 6.61 Å². The number of unbranched alkanes of at least 4 members (excludes halogenated alkanes) is 8. The van der Waals surface area contributed by atoms with Crippen LogP contribution in [-0.4, -0.2) is 6.61 Å². The van der Waals surface area contributed by atoms with E-state index >= 15 is 0 Å². The standard InChI is InChI=1S/C16H35NO/c1-3-5-7-9-10-12-14-16(15-18-17)13-11-8-6-4-2/h16H,3-15,17H2,1-2H3. The summed E-state index contributed by atoms with van der Waals surface area (Å²) in [5.74, 6) is 5.92. The fourth-order valence-electron chi connectivity index (χ4n) is 2.52. The monoisotopic (exact) mass is 257 g/mol. The molecule has 18 heavy (non-hydrogen) atoms. The van der Waals surface area contributed by atoms with Crippen LogP contribution in [0.3, 0.4) is 0 Å². The van der Waals surface area contributed by atoms with Crippen LogP contribution >= 0.6 is 0 Å². The molecule has 0 spiro atoms. The first-order valence-corrected chi connectivity index (χ1v) is 8.16. The first-order chi connectivity index (χ1) is 8.85. The van der Waals surface area contributed by atoms with Gasteiger partial charge in [0.05, 0.1) is 6.61 Å². The molecule has 1 unspecified atom stereocenters. The normalized spacial score (nSPS) is 12.8. The second-order valence-electron chi connectivity index (χ2n) is 5.61. The molecule has 0 saturated heterocycles. The Morgan fingerprint density at radius 1 is 0.722 bits per heavy atom. The van der Waals surface area contributed by atoms with E-state index in [1.165, 1.54) is 77.0 Å². The molecule has 0 aromatic rings. The van der Waals surface area contributed by atoms with Crippen LogP contribution in [0, 0.1) is 5.92 Å². The quantitative estimate of drug-likeness (QED) is 0.342. The molecule has 0 saturated carbocycles. The smallest absolute Gasteiger partial charge is 0.0707 e. The number of rotatable bonds is 14. The molecule has 0 bridgehead atoms. The van der Waals surface area contributed by atoms with Crippen LogP contribution in [0.2, 0.25) is 0 Å². The lowest BCUT2D eigenvalue weighted by Crippen LogP contribution is -2.13. The van der Waals surface area contributed by atoms with Crippen molar-refractivity contribution in [1.29, 1.82) is 0 Å². The third-order valence-corrected chi connectivity index (χ3v) is 3.76. The van der Waals surface area contributed by atoms with Crippen molar-refractivity contribution in [3.05, 3.63) is 0 Å². The maximum atomic E-state index is 5.23. The molecule has 0 aromatic heterocycles. The Kier molecular flexibility index (Phi) is 14.9. The van der Waals surface area contributed by atoms with Gasteiger partial charge in [0, 0.05) is 0 Å². The molecule has 110 valence electrons. The third kappa shape index (κ3) is 12.4. The molecule has 2 nitrogen and oxygen atoms in total. The van der Waals surface area contributed by atoms with E-state index in [1.807, 2.05) is 0 Å². The van der Waals surface area contributed by atoms with Crippen LogP contribution in [-0.2, 0) is 4.84 Å². The zero-order valence-electron chi connectivity index (χ0n) is 12.8. The summed E-state index contributed by atoms with van der Waals surface area (Å²) >= 11 is 0. The Balaban J connectivity index is 3.44. The summed E-state index contributed by atoms with van der Waals surface area (Å²) in [4.78, 5) is 4.86. The van der Waals surface area contributed by atoms with Gasteiger partial charge in [0.2, 0.25) is 0 Å². The summed E-state index contributed by atoms with van der Waals surface area (Å²) in [5.41, 5.74) is 0. The minimum Gasteiger partial charge on any atom is -0.304 e. The van der Waals surface area contributed by atoms with Gasteiger partial charge in [0.1, 0.15) is 0 Å². The Hall–Kier alpha value is -0.0800. The van der Waals surface area contributed by atoms with Gasteiger partial charge in [-0.25, -0.2) is 5.90 Å². The van der Waals surface area contributed by atoms with E-state index < -0.39 is 0 Å². The largest absolute Gasteiger partial charge is 0.304 e. The summed E-state index contributed by atoms with van der Waals surface area (Å²) in [5, 5.41) is 0. The molecular weight excluding hydrogens is 222 g/mol. The van der Waals surface area contributed by atoms with Gasteiger partial charge in [-0.15, -0.1) is 0 Å². The molecular formula is C16H35NO. The Morgan fingerprint density at radius 3 is 1.67 bits per heavy atom. The van der Waals surface area contributed by atoms with Crippen molar-refractivity contribution >= 4 is 0 Å². The van der Waals surface area contributed by atoms with Crippen LogP contribution in [0.25, 0.3) is 0 Å². The van der Waals surface area contributed by atoms with E-state index in [2.05, 4.69) is 13.8 Å². The van der Waals surface area contributed by atoms with Crippen LogP contribution in [0.1, 0.15) is 90.9 Å². The third-order valence-electron chi connectivity index (χ3n) is 3.76. The second kappa shape index (κ2) is 15.0. The second-order valence-corrected chi connectivity index (χ2v) is 5.61. The van der Waals surface area contributed by atoms with Crippen LogP contribution in [0.5, 0.6) is 0 Å². The lowest BCUT2D eigenvalue weighted by atomic mass is 9.95. The topological polar surface area (TPSA) is 35.2 Å². The summed E-state index contributed by atoms with van der Waals surface area (Å²) in [7, 11) is 0. The predicted molar refractivity (Wildman–Crippen MR) is 80.4 cm³/mol. The molecule has 0 aliphatic heterocycles. The highest BCUT2D eigenvalue weighted by molar-refractivity contribution is 4.59. The molecule has 2 N–H and O–H groups in total. The van der Waals surface area contributed by atoms with Gasteiger partial charge in [-0.2, -0.15) is 0 Å². The van der Waals surface area contributed by atoms with Crippen molar-refractivity contribution in [2.24, 2.45) is 11.8 Å². The first-order valence-electron chi connectivity index (χ1n) is 8.16. The molecule has 2 heteroatoms. The van der Waals surface area contributed by atoms with E-state index in [1.54, 1.807) is 0 Å². The Labute approximate surface area is 115 Å². The number of nitrogens with two attached hydrogens (primary N) is 1. The summed E-state index contributed by atoms with van der Waals surface area (Å²) < 4.78 is 0. The van der Waals surface area contributed by atoms with E-state index in [0.29, 0.717) is 5.92 Å². The fourth-order valence-corrected chi connectivity index (χ4v) is 2.52. The van der Waals surface area contributed by atoms with Crippen LogP contribution in [0.4, 0.5) is 0 Å². The minimum atomic E-state index is 0.693. The van der Waals surface area contributed by atoms with Gasteiger partial charge >= 0.3 is 0 Å². The number of hydrogen-bond acceptors (Lipinski definition) is 2. The summed E-state index contributed by atoms with van der Waals surface area (Å²) in [6, 6.07) is 0. The molecule has 0 aliphatic carbocycles. The number of hydrogen-bond donors (Lipinski definition) is 1. The lowest BCUT2D eigenvalue weighted by Gasteiger charge is -2.15. The van der Waals surface area contributed by atoms with Gasteiger partial charge in [-0.1, -0.05) is 78.1 Å². The SMILES string of the molecule is CCCCCCCCC(CCCCCC)CON. The van der Waals surface area contributed by atoms with Crippen molar-refractivity contribution < 1.29 is 4.84 Å². The van der Waals surface area contributed by atoms with Crippen molar-refractivity contribution in [3.63, 3.8) is 0 Å². The molecule has 0 heterocycles. The average molecular weight is 257 g/mol. The van der Waals surface area contributed by atoms with Gasteiger partial charge in [-0.05, 0) is 18.8 Å². The molecule has 0 amide bonds. The molecule has 0 radical (unpaired) electrons. The highest BCUT2D eigenvalue weighted by Crippen LogP contribution is 2.18. The van der Waals surface area contributed by atoms with Crippen LogP contribution < -0.4 is 5.90 Å². The van der Waals surface area contributed by atoms with Crippen molar-refractivity contribution in [1.82, 2.24) is 0 Å². The molecule has 0 aliphatic rings. The zero-order valence-corrected chi connectivity index (χ0v) is 12.8. The zero-order chi connectivity index (χ0) is 13.5. The van der Waals surface area contributed by atoms with Gasteiger partial charge in [0.15, 0.2) is 0 Å². The maximum Gasteiger partial charge on any atom is 0.0707 e. The molecule has 0 rings (SSSR count). The van der Waals surface area contributed by atoms with Gasteiger partial charge in [0.25, 0.3) is 0 Å². The van der Waals surface area contributed by atoms with Gasteiger partial charge in [-0.3, -0.25) is 0 Å². The van der Waals surface area contributed by atoms with Crippen LogP contribution in [0.15, 0.2) is 0 Å². The van der Waals surface area contributed by atoms with E-state index in [-0.39, 0.29) is 0 Å². The van der Waals surface area contributed by atoms with Crippen molar-refractivity contribution in [3.8, 4) is 0 Å².